The zero-order valence-electron chi connectivity index (χ0n) is 16.7. The second-order valence-electron chi connectivity index (χ2n) is 8.81. The molecule has 3 fully saturated rings. The fraction of sp³-hybridized carbons (Fsp3) is 0.857. The second-order valence-corrected chi connectivity index (χ2v) is 8.81. The molecule has 5 atom stereocenters. The Hall–Kier alpha value is -0.950. The van der Waals surface area contributed by atoms with Crippen LogP contribution in [0.4, 0.5) is 0 Å². The number of esters is 1. The fourth-order valence-electron chi connectivity index (χ4n) is 4.89. The lowest BCUT2D eigenvalue weighted by molar-refractivity contribution is -0.144. The van der Waals surface area contributed by atoms with Crippen molar-refractivity contribution in [1.82, 2.24) is 10.2 Å². The van der Waals surface area contributed by atoms with Crippen molar-refractivity contribution in [3.63, 3.8) is 0 Å². The third-order valence-electron chi connectivity index (χ3n) is 6.81. The van der Waals surface area contributed by atoms with Crippen LogP contribution in [0.2, 0.25) is 0 Å². The minimum Gasteiger partial charge on any atom is -0.459 e. The highest BCUT2D eigenvalue weighted by Gasteiger charge is 2.62. The molecular formula is C21H34N2O4. The number of carbonyl (C=O) groups excluding carboxylic acids is 1. The number of ether oxygens (including phenoxy) is 3. The largest absolute Gasteiger partial charge is 0.459 e. The number of nitrogens with zero attached hydrogens (tertiary/aromatic N) is 1. The lowest BCUT2D eigenvalue weighted by Crippen LogP contribution is -2.42. The summed E-state index contributed by atoms with van der Waals surface area (Å²) in [7, 11) is 0. The Morgan fingerprint density at radius 1 is 1.33 bits per heavy atom. The van der Waals surface area contributed by atoms with E-state index in [9.17, 15) is 4.79 Å². The Kier molecular flexibility index (Phi) is 5.88. The maximum atomic E-state index is 12.6. The molecule has 4 rings (SSSR count). The van der Waals surface area contributed by atoms with Gasteiger partial charge in [0.25, 0.3) is 0 Å². The number of hydrogen-bond donors (Lipinski definition) is 1. The molecule has 0 aromatic rings. The van der Waals surface area contributed by atoms with Crippen molar-refractivity contribution in [2.45, 2.75) is 57.3 Å². The van der Waals surface area contributed by atoms with Gasteiger partial charge < -0.3 is 19.5 Å². The zero-order chi connectivity index (χ0) is 18.9. The van der Waals surface area contributed by atoms with Crippen molar-refractivity contribution >= 4 is 5.97 Å². The van der Waals surface area contributed by atoms with Gasteiger partial charge in [-0.3, -0.25) is 9.69 Å². The summed E-state index contributed by atoms with van der Waals surface area (Å²) in [6.07, 6.45) is 6.47. The first-order chi connectivity index (χ1) is 13.1. The second kappa shape index (κ2) is 8.19. The molecule has 0 unspecified atom stereocenters. The number of morpholine rings is 1. The van der Waals surface area contributed by atoms with E-state index in [0.29, 0.717) is 6.54 Å². The van der Waals surface area contributed by atoms with E-state index >= 15 is 0 Å². The molecule has 0 aromatic carbocycles. The average molecular weight is 379 g/mol. The van der Waals surface area contributed by atoms with Gasteiger partial charge in [-0.1, -0.05) is 11.6 Å². The monoisotopic (exact) mass is 378 g/mol. The molecule has 0 saturated carbocycles. The molecular weight excluding hydrogens is 344 g/mol. The molecule has 0 radical (unpaired) electrons. The van der Waals surface area contributed by atoms with Crippen molar-refractivity contribution in [3.8, 4) is 0 Å². The number of hydrogen-bond acceptors (Lipinski definition) is 6. The molecule has 0 spiro atoms. The van der Waals surface area contributed by atoms with Gasteiger partial charge in [0.2, 0.25) is 0 Å². The SMILES string of the molecule is CC1=CCC[C@@]2(C)O[C@@H]2[C@H]2OC(=O)[C@@H](CNCCN3CCOCC3)[C@@H]2CC1. The Labute approximate surface area is 162 Å². The molecule has 1 N–H and O–H groups in total. The minimum absolute atomic E-state index is 0.0393. The predicted octanol–water partition coefficient (Wildman–Crippen LogP) is 1.74. The summed E-state index contributed by atoms with van der Waals surface area (Å²) in [5.74, 6) is 0.157. The van der Waals surface area contributed by atoms with Crippen LogP contribution in [0.15, 0.2) is 11.6 Å². The average Bonchev–Trinajstić information content (AvgIpc) is 3.23. The van der Waals surface area contributed by atoms with E-state index in [0.717, 1.165) is 65.1 Å². The Bertz CT molecular complexity index is 575. The van der Waals surface area contributed by atoms with Crippen molar-refractivity contribution < 1.29 is 19.0 Å². The van der Waals surface area contributed by atoms with Crippen LogP contribution in [0.3, 0.4) is 0 Å². The summed E-state index contributed by atoms with van der Waals surface area (Å²) >= 11 is 0. The van der Waals surface area contributed by atoms with E-state index in [1.165, 1.54) is 5.57 Å². The van der Waals surface area contributed by atoms with Crippen molar-refractivity contribution in [3.05, 3.63) is 11.6 Å². The summed E-state index contributed by atoms with van der Waals surface area (Å²) in [6.45, 7) is 10.6. The number of allylic oxidation sites excluding steroid dienone is 2. The number of fused-ring (bicyclic) bond motifs is 3. The van der Waals surface area contributed by atoms with Crippen LogP contribution in [0.5, 0.6) is 0 Å². The van der Waals surface area contributed by atoms with E-state index in [1.807, 2.05) is 0 Å². The van der Waals surface area contributed by atoms with Crippen molar-refractivity contribution in [2.24, 2.45) is 11.8 Å². The highest BCUT2D eigenvalue weighted by atomic mass is 16.6. The van der Waals surface area contributed by atoms with E-state index in [4.69, 9.17) is 14.2 Å². The molecule has 3 aliphatic heterocycles. The van der Waals surface area contributed by atoms with Gasteiger partial charge in [-0.25, -0.2) is 0 Å². The highest BCUT2D eigenvalue weighted by molar-refractivity contribution is 5.75. The van der Waals surface area contributed by atoms with Gasteiger partial charge in [-0.15, -0.1) is 0 Å². The molecule has 0 aromatic heterocycles. The lowest BCUT2D eigenvalue weighted by Gasteiger charge is -2.27. The van der Waals surface area contributed by atoms with E-state index in [-0.39, 0.29) is 35.6 Å². The molecule has 152 valence electrons. The van der Waals surface area contributed by atoms with Crippen LogP contribution in [0.1, 0.15) is 39.5 Å². The van der Waals surface area contributed by atoms with Crippen LogP contribution in [-0.4, -0.2) is 74.6 Å². The third kappa shape index (κ3) is 4.39. The molecule has 4 aliphatic rings. The van der Waals surface area contributed by atoms with Crippen molar-refractivity contribution in [2.75, 3.05) is 45.9 Å². The molecule has 3 saturated heterocycles. The molecule has 0 bridgehead atoms. The summed E-state index contributed by atoms with van der Waals surface area (Å²) in [5.41, 5.74) is 1.31. The topological polar surface area (TPSA) is 63.3 Å². The molecule has 6 heteroatoms. The molecule has 3 heterocycles. The third-order valence-corrected chi connectivity index (χ3v) is 6.81. The van der Waals surface area contributed by atoms with Gasteiger partial charge in [0.15, 0.2) is 0 Å². The minimum atomic E-state index is -0.115. The summed E-state index contributed by atoms with van der Waals surface area (Å²) in [4.78, 5) is 15.0. The van der Waals surface area contributed by atoms with Crippen LogP contribution < -0.4 is 5.32 Å². The Morgan fingerprint density at radius 3 is 2.96 bits per heavy atom. The van der Waals surface area contributed by atoms with Crippen LogP contribution >= 0.6 is 0 Å². The maximum absolute atomic E-state index is 12.6. The zero-order valence-corrected chi connectivity index (χ0v) is 16.7. The van der Waals surface area contributed by atoms with Gasteiger partial charge in [0.05, 0.1) is 24.7 Å². The van der Waals surface area contributed by atoms with Gasteiger partial charge in [-0.05, 0) is 39.5 Å². The molecule has 1 aliphatic carbocycles. The number of rotatable bonds is 5. The highest BCUT2D eigenvalue weighted by Crippen LogP contribution is 2.50. The Balaban J connectivity index is 1.34. The predicted molar refractivity (Wildman–Crippen MR) is 102 cm³/mol. The molecule has 6 nitrogen and oxygen atoms in total. The fourth-order valence-corrected chi connectivity index (χ4v) is 4.89. The number of epoxide rings is 1. The maximum Gasteiger partial charge on any atom is 0.311 e. The van der Waals surface area contributed by atoms with Crippen molar-refractivity contribution in [1.29, 1.82) is 0 Å². The molecule has 27 heavy (non-hydrogen) atoms. The quantitative estimate of drug-likeness (QED) is 0.340. The van der Waals surface area contributed by atoms with Crippen LogP contribution in [0.25, 0.3) is 0 Å². The van der Waals surface area contributed by atoms with Gasteiger partial charge in [0.1, 0.15) is 12.2 Å². The first-order valence-electron chi connectivity index (χ1n) is 10.6. The van der Waals surface area contributed by atoms with E-state index in [1.54, 1.807) is 0 Å². The summed E-state index contributed by atoms with van der Waals surface area (Å²) < 4.78 is 17.3. The van der Waals surface area contributed by atoms with E-state index in [2.05, 4.69) is 30.1 Å². The number of carbonyl (C=O) groups is 1. The smallest absolute Gasteiger partial charge is 0.311 e. The summed E-state index contributed by atoms with van der Waals surface area (Å²) in [5, 5.41) is 3.51. The van der Waals surface area contributed by atoms with Crippen LogP contribution in [-0.2, 0) is 19.0 Å². The van der Waals surface area contributed by atoms with Gasteiger partial charge in [-0.2, -0.15) is 0 Å². The Morgan fingerprint density at radius 2 is 2.15 bits per heavy atom. The standard InChI is InChI=1S/C21H34N2O4/c1-15-4-3-7-21(2)19(27-21)18-16(6-5-15)17(20(24)26-18)14-22-8-9-23-10-12-25-13-11-23/h4,16-19,22H,3,5-14H2,1-2H3/t16-,17-,18-,19+,21+/m0/s1. The van der Waals surface area contributed by atoms with Gasteiger partial charge in [0, 0.05) is 38.6 Å². The normalized spacial score (nSPS) is 39.9. The lowest BCUT2D eigenvalue weighted by atomic mass is 9.80. The van der Waals surface area contributed by atoms with Gasteiger partial charge >= 0.3 is 5.97 Å². The first-order valence-corrected chi connectivity index (χ1v) is 10.6. The first kappa shape index (κ1) is 19.4. The number of nitrogens with one attached hydrogen (secondary N) is 1. The molecule has 0 amide bonds. The summed E-state index contributed by atoms with van der Waals surface area (Å²) in [6, 6.07) is 0. The van der Waals surface area contributed by atoms with E-state index < -0.39 is 0 Å². The van der Waals surface area contributed by atoms with Crippen LogP contribution in [0, 0.1) is 11.8 Å².